The van der Waals surface area contributed by atoms with E-state index < -0.39 is 0 Å². The molecule has 0 nitrogen and oxygen atoms in total. The van der Waals surface area contributed by atoms with E-state index in [0.29, 0.717) is 5.92 Å². The summed E-state index contributed by atoms with van der Waals surface area (Å²) in [6.07, 6.45) is 8.66. The second kappa shape index (κ2) is 5.16. The molecule has 1 aliphatic carbocycles. The van der Waals surface area contributed by atoms with Gasteiger partial charge in [-0.1, -0.05) is 39.5 Å². The Morgan fingerprint density at radius 2 is 1.73 bits per heavy atom. The molecule has 0 aromatic carbocycles. The molecule has 1 saturated carbocycles. The van der Waals surface area contributed by atoms with Crippen molar-refractivity contribution in [1.29, 1.82) is 0 Å². The van der Waals surface area contributed by atoms with Gasteiger partial charge in [-0.15, -0.1) is 11.3 Å². The van der Waals surface area contributed by atoms with Crippen molar-refractivity contribution < 1.29 is 0 Å². The minimum Gasteiger partial charge on any atom is -0.145 e. The van der Waals surface area contributed by atoms with Crippen LogP contribution in [0.5, 0.6) is 0 Å². The lowest BCUT2D eigenvalue weighted by Gasteiger charge is -2.11. The monoisotopic (exact) mass is 222 g/mol. The second-order valence-corrected chi connectivity index (χ2v) is 6.23. The van der Waals surface area contributed by atoms with E-state index in [1.807, 2.05) is 0 Å². The molecule has 0 aliphatic heterocycles. The van der Waals surface area contributed by atoms with E-state index in [1.165, 1.54) is 38.5 Å². The molecule has 1 aliphatic rings. The van der Waals surface area contributed by atoms with Gasteiger partial charge in [0.05, 0.1) is 0 Å². The summed E-state index contributed by atoms with van der Waals surface area (Å²) in [6, 6.07) is 4.73. The topological polar surface area (TPSA) is 0 Å². The maximum Gasteiger partial charge on any atom is 0.00792 e. The van der Waals surface area contributed by atoms with E-state index in [9.17, 15) is 0 Å². The van der Waals surface area contributed by atoms with Gasteiger partial charge in [-0.3, -0.25) is 0 Å². The zero-order valence-corrected chi connectivity index (χ0v) is 10.8. The van der Waals surface area contributed by atoms with E-state index in [2.05, 4.69) is 37.3 Å². The summed E-state index contributed by atoms with van der Waals surface area (Å²) in [7, 11) is 0. The lowest BCUT2D eigenvalue weighted by molar-refractivity contribution is 0.602. The van der Waals surface area contributed by atoms with Gasteiger partial charge in [-0.05, 0) is 36.8 Å². The fourth-order valence-electron chi connectivity index (χ4n) is 2.46. The maximum atomic E-state index is 2.38. The summed E-state index contributed by atoms with van der Waals surface area (Å²) < 4.78 is 0. The lowest BCUT2D eigenvalue weighted by Crippen LogP contribution is -1.93. The first-order valence-corrected chi connectivity index (χ1v) is 7.18. The predicted octanol–water partition coefficient (Wildman–Crippen LogP) is 5.31. The maximum absolute atomic E-state index is 2.38. The van der Waals surface area contributed by atoms with Gasteiger partial charge in [0.25, 0.3) is 0 Å². The molecule has 0 unspecified atom stereocenters. The highest BCUT2D eigenvalue weighted by Crippen LogP contribution is 2.37. The Kier molecular flexibility index (Phi) is 3.85. The minimum absolute atomic E-state index is 0.703. The summed E-state index contributed by atoms with van der Waals surface area (Å²) in [5.74, 6) is 1.58. The van der Waals surface area contributed by atoms with Gasteiger partial charge >= 0.3 is 0 Å². The van der Waals surface area contributed by atoms with Gasteiger partial charge in [-0.2, -0.15) is 0 Å². The van der Waals surface area contributed by atoms with E-state index in [0.717, 1.165) is 5.92 Å². The molecule has 0 spiro atoms. The number of thiophene rings is 1. The first-order chi connectivity index (χ1) is 7.27. The highest BCUT2D eigenvalue weighted by atomic mass is 32.1. The molecule has 15 heavy (non-hydrogen) atoms. The lowest BCUT2D eigenvalue weighted by atomic mass is 9.99. The highest BCUT2D eigenvalue weighted by molar-refractivity contribution is 7.12. The Hall–Kier alpha value is -0.300. The van der Waals surface area contributed by atoms with E-state index in [4.69, 9.17) is 0 Å². The Morgan fingerprint density at radius 3 is 2.27 bits per heavy atom. The molecule has 0 saturated heterocycles. The number of hydrogen-bond donors (Lipinski definition) is 0. The van der Waals surface area contributed by atoms with Crippen LogP contribution in [-0.4, -0.2) is 0 Å². The predicted molar refractivity (Wildman–Crippen MR) is 68.9 cm³/mol. The van der Waals surface area contributed by atoms with Crippen LogP contribution < -0.4 is 0 Å². The van der Waals surface area contributed by atoms with Crippen LogP contribution in [0.4, 0.5) is 0 Å². The zero-order valence-electron chi connectivity index (χ0n) is 9.96. The van der Waals surface area contributed by atoms with E-state index in [1.54, 1.807) is 9.75 Å². The van der Waals surface area contributed by atoms with Crippen LogP contribution in [0.15, 0.2) is 12.1 Å². The van der Waals surface area contributed by atoms with E-state index in [-0.39, 0.29) is 0 Å². The van der Waals surface area contributed by atoms with Crippen LogP contribution in [-0.2, 0) is 0 Å². The van der Waals surface area contributed by atoms with Crippen molar-refractivity contribution in [3.05, 3.63) is 21.9 Å². The zero-order chi connectivity index (χ0) is 10.7. The molecule has 0 amide bonds. The Morgan fingerprint density at radius 1 is 1.07 bits per heavy atom. The van der Waals surface area contributed by atoms with Crippen molar-refractivity contribution in [2.45, 2.75) is 64.2 Å². The van der Waals surface area contributed by atoms with Gasteiger partial charge < -0.3 is 0 Å². The molecule has 1 aromatic rings. The second-order valence-electron chi connectivity index (χ2n) is 5.08. The smallest absolute Gasteiger partial charge is 0.00792 e. The summed E-state index contributed by atoms with van der Waals surface area (Å²) >= 11 is 2.06. The van der Waals surface area contributed by atoms with Gasteiger partial charge in [0, 0.05) is 9.75 Å². The average molecular weight is 222 g/mol. The SMILES string of the molecule is CC(C)c1ccc(C2CCCCCC2)s1. The molecule has 2 rings (SSSR count). The van der Waals surface area contributed by atoms with Crippen molar-refractivity contribution in [3.8, 4) is 0 Å². The van der Waals surface area contributed by atoms with Crippen molar-refractivity contribution >= 4 is 11.3 Å². The summed E-state index contributed by atoms with van der Waals surface area (Å²) in [6.45, 7) is 4.59. The quantitative estimate of drug-likeness (QED) is 0.595. The number of rotatable bonds is 2. The molecule has 84 valence electrons. The minimum atomic E-state index is 0.703. The van der Waals surface area contributed by atoms with Gasteiger partial charge in [0.15, 0.2) is 0 Å². The molecule has 0 bridgehead atoms. The Balaban J connectivity index is 2.06. The van der Waals surface area contributed by atoms with Crippen molar-refractivity contribution in [2.75, 3.05) is 0 Å². The van der Waals surface area contributed by atoms with E-state index >= 15 is 0 Å². The Bertz CT molecular complexity index is 290. The van der Waals surface area contributed by atoms with Crippen molar-refractivity contribution in [1.82, 2.24) is 0 Å². The first kappa shape index (κ1) is 11.2. The molecule has 0 atom stereocenters. The first-order valence-electron chi connectivity index (χ1n) is 6.37. The third kappa shape index (κ3) is 2.84. The summed E-state index contributed by atoms with van der Waals surface area (Å²) in [4.78, 5) is 3.22. The van der Waals surface area contributed by atoms with Crippen LogP contribution >= 0.6 is 11.3 Å². The van der Waals surface area contributed by atoms with Crippen molar-refractivity contribution in [3.63, 3.8) is 0 Å². The summed E-state index contributed by atoms with van der Waals surface area (Å²) in [5.41, 5.74) is 0. The fraction of sp³-hybridized carbons (Fsp3) is 0.714. The highest BCUT2D eigenvalue weighted by Gasteiger charge is 2.16. The van der Waals surface area contributed by atoms with Crippen LogP contribution in [0.25, 0.3) is 0 Å². The third-order valence-electron chi connectivity index (χ3n) is 3.47. The fourth-order valence-corrected chi connectivity index (χ4v) is 3.64. The molecule has 1 heteroatoms. The number of hydrogen-bond acceptors (Lipinski definition) is 1. The van der Waals surface area contributed by atoms with Gasteiger partial charge in [-0.25, -0.2) is 0 Å². The van der Waals surface area contributed by atoms with Crippen LogP contribution in [0.3, 0.4) is 0 Å². The largest absolute Gasteiger partial charge is 0.145 e. The normalized spacial score (nSPS) is 19.4. The molecular formula is C14H22S. The third-order valence-corrected chi connectivity index (χ3v) is 5.02. The van der Waals surface area contributed by atoms with Crippen LogP contribution in [0.1, 0.15) is 74.0 Å². The van der Waals surface area contributed by atoms with Crippen LogP contribution in [0, 0.1) is 0 Å². The van der Waals surface area contributed by atoms with Gasteiger partial charge in [0.2, 0.25) is 0 Å². The standard InChI is InChI=1S/C14H22S/c1-11(2)13-9-10-14(15-13)12-7-5-3-4-6-8-12/h9-12H,3-8H2,1-2H3. The molecule has 1 heterocycles. The molecule has 1 aromatic heterocycles. The summed E-state index contributed by atoms with van der Waals surface area (Å²) in [5, 5.41) is 0. The average Bonchev–Trinajstić information content (AvgIpc) is 2.55. The molecule has 0 N–H and O–H groups in total. The van der Waals surface area contributed by atoms with Gasteiger partial charge in [0.1, 0.15) is 0 Å². The Labute approximate surface area is 97.7 Å². The molecule has 1 fully saturated rings. The molecular weight excluding hydrogens is 200 g/mol. The van der Waals surface area contributed by atoms with Crippen molar-refractivity contribution in [2.24, 2.45) is 0 Å². The molecule has 0 radical (unpaired) electrons. The van der Waals surface area contributed by atoms with Crippen LogP contribution in [0.2, 0.25) is 0 Å².